The number of ether oxygens (including phenoxy) is 3. The fourth-order valence-electron chi connectivity index (χ4n) is 5.51. The van der Waals surface area contributed by atoms with E-state index in [4.69, 9.17) is 25.2 Å². The summed E-state index contributed by atoms with van der Waals surface area (Å²) in [5, 5.41) is 9.12. The monoisotopic (exact) mass is 685 g/mol. The van der Waals surface area contributed by atoms with Crippen LogP contribution in [0.2, 0.25) is 0 Å². The molecule has 0 spiro atoms. The smallest absolute Gasteiger partial charge is 0.206 e. The van der Waals surface area contributed by atoms with Gasteiger partial charge in [-0.05, 0) is 79.9 Å². The van der Waals surface area contributed by atoms with Crippen LogP contribution >= 0.6 is 0 Å². The van der Waals surface area contributed by atoms with E-state index in [1.165, 1.54) is 18.9 Å². The van der Waals surface area contributed by atoms with Crippen LogP contribution in [-0.4, -0.2) is 58.2 Å². The van der Waals surface area contributed by atoms with Gasteiger partial charge in [0.25, 0.3) is 0 Å². The van der Waals surface area contributed by atoms with E-state index in [0.29, 0.717) is 37.7 Å². The highest BCUT2D eigenvalue weighted by atomic mass is 32.2. The minimum Gasteiger partial charge on any atom is -0.493 e. The highest BCUT2D eigenvalue weighted by Crippen LogP contribution is 2.37. The molecule has 7 rings (SSSR count). The number of rotatable bonds is 5. The van der Waals surface area contributed by atoms with Crippen molar-refractivity contribution in [3.8, 4) is 17.6 Å². The maximum absolute atomic E-state index is 12.6. The molecule has 12 heteroatoms. The predicted molar refractivity (Wildman–Crippen MR) is 183 cm³/mol. The van der Waals surface area contributed by atoms with Crippen molar-refractivity contribution >= 4 is 28.1 Å². The molecule has 3 aliphatic rings. The van der Waals surface area contributed by atoms with E-state index in [9.17, 15) is 16.8 Å². The van der Waals surface area contributed by atoms with Crippen molar-refractivity contribution < 1.29 is 31.0 Å². The molecule has 1 saturated heterocycles. The zero-order valence-electron chi connectivity index (χ0n) is 26.5. The lowest BCUT2D eigenvalue weighted by Gasteiger charge is -2.25. The summed E-state index contributed by atoms with van der Waals surface area (Å²) in [6.07, 6.45) is 4.06. The minimum absolute atomic E-state index is 0. The van der Waals surface area contributed by atoms with E-state index >= 15 is 0 Å². The van der Waals surface area contributed by atoms with Crippen LogP contribution in [0.3, 0.4) is 0 Å². The van der Waals surface area contributed by atoms with Crippen molar-refractivity contribution in [3.63, 3.8) is 0 Å². The van der Waals surface area contributed by atoms with Gasteiger partial charge in [0.15, 0.2) is 0 Å². The molecule has 3 aliphatic heterocycles. The first-order chi connectivity index (χ1) is 22.8. The highest BCUT2D eigenvalue weighted by Gasteiger charge is 2.26. The molecule has 0 aromatic heterocycles. The first kappa shape index (κ1) is 36.7. The minimum atomic E-state index is -3.56. The molecule has 4 aromatic carbocycles. The number of nitriles is 1. The van der Waals surface area contributed by atoms with Crippen LogP contribution < -0.4 is 15.2 Å². The average Bonchev–Trinajstić information content (AvgIpc) is 3.72. The van der Waals surface area contributed by atoms with Gasteiger partial charge in [-0.3, -0.25) is 0 Å². The second-order valence-corrected chi connectivity index (χ2v) is 15.1. The van der Waals surface area contributed by atoms with Crippen molar-refractivity contribution in [1.82, 2.24) is 0 Å². The first-order valence-corrected chi connectivity index (χ1v) is 18.5. The predicted octanol–water partition coefficient (Wildman–Crippen LogP) is 5.67. The average molecular weight is 686 g/mol. The van der Waals surface area contributed by atoms with E-state index in [1.807, 2.05) is 6.07 Å². The lowest BCUT2D eigenvalue weighted by atomic mass is 9.93. The first-order valence-electron chi connectivity index (χ1n) is 15.6. The summed E-state index contributed by atoms with van der Waals surface area (Å²) in [5.41, 5.74) is 7.52. The zero-order valence-corrected chi connectivity index (χ0v) is 28.2. The Bertz CT molecular complexity index is 1910. The van der Waals surface area contributed by atoms with Gasteiger partial charge in [0.05, 0.1) is 44.8 Å². The number of sulfone groups is 2. The van der Waals surface area contributed by atoms with Crippen LogP contribution in [0, 0.1) is 11.3 Å². The number of nitrogens with two attached hydrogens (primary N) is 1. The molecule has 3 heterocycles. The molecule has 0 aliphatic carbocycles. The quantitative estimate of drug-likeness (QED) is 0.263. The number of benzene rings is 4. The maximum Gasteiger partial charge on any atom is 0.206 e. The van der Waals surface area contributed by atoms with Crippen LogP contribution in [-0.2, 0) is 24.4 Å². The molecule has 0 bridgehead atoms. The summed E-state index contributed by atoms with van der Waals surface area (Å²) in [6.45, 7) is 3.55. The Balaban J connectivity index is 0.000000186. The molecule has 48 heavy (non-hydrogen) atoms. The van der Waals surface area contributed by atoms with E-state index in [1.54, 1.807) is 84.9 Å². The molecule has 2 unspecified atom stereocenters. The molecule has 2 N–H and O–H groups in total. The maximum atomic E-state index is 12.6. The Labute approximate surface area is 285 Å². The van der Waals surface area contributed by atoms with Crippen molar-refractivity contribution in [2.75, 3.05) is 33.0 Å². The lowest BCUT2D eigenvalue weighted by Crippen LogP contribution is -2.21. The Kier molecular flexibility index (Phi) is 12.8. The topological polar surface area (TPSA) is 146 Å². The fraction of sp³-hybridized carbons (Fsp3) is 0.306. The van der Waals surface area contributed by atoms with E-state index in [2.05, 4.69) is 6.07 Å². The zero-order chi connectivity index (χ0) is 33.3. The van der Waals surface area contributed by atoms with Gasteiger partial charge in [-0.1, -0.05) is 48.5 Å². The molecule has 0 saturated carbocycles. The highest BCUT2D eigenvalue weighted by molar-refractivity contribution is 7.91. The molecular formula is C36H38BN2O7S2. The van der Waals surface area contributed by atoms with Crippen LogP contribution in [0.4, 0.5) is 0 Å². The summed E-state index contributed by atoms with van der Waals surface area (Å²) in [7, 11) is -7.07. The number of hydrogen-bond acceptors (Lipinski definition) is 9. The third kappa shape index (κ3) is 8.46. The van der Waals surface area contributed by atoms with Crippen molar-refractivity contribution in [2.24, 2.45) is 5.73 Å². The molecule has 4 aromatic rings. The van der Waals surface area contributed by atoms with Gasteiger partial charge in [0.2, 0.25) is 19.7 Å². The van der Waals surface area contributed by atoms with Gasteiger partial charge in [-0.25, -0.2) is 16.8 Å². The normalized spacial score (nSPS) is 17.9. The van der Waals surface area contributed by atoms with E-state index in [-0.39, 0.29) is 39.8 Å². The molecule has 3 radical (unpaired) electrons. The van der Waals surface area contributed by atoms with Gasteiger partial charge in [0, 0.05) is 39.5 Å². The summed E-state index contributed by atoms with van der Waals surface area (Å²) in [6, 6.07) is 28.7. The standard InChI is InChI=1S/C16H17NO3S.C16H13NO3S.C4H8O.B/c2*17-11-12-8-9-20-16-10-14(6-7-15(12)16)21(18,19)13-4-2-1-3-5-13;1-2-4-5-3-1;/h1-7,10,12H,8-9,11,17H2;1-7,10,12H,8-9H2;1-4H2;. The summed E-state index contributed by atoms with van der Waals surface area (Å²) in [4.78, 5) is 0.977. The molecule has 249 valence electrons. The van der Waals surface area contributed by atoms with Crippen LogP contribution in [0.5, 0.6) is 11.5 Å². The van der Waals surface area contributed by atoms with Gasteiger partial charge in [-0.2, -0.15) is 5.26 Å². The Morgan fingerprint density at radius 2 is 1.12 bits per heavy atom. The third-order valence-electron chi connectivity index (χ3n) is 8.17. The molecule has 1 fully saturated rings. The van der Waals surface area contributed by atoms with E-state index < -0.39 is 19.7 Å². The summed E-state index contributed by atoms with van der Waals surface area (Å²) >= 11 is 0. The van der Waals surface area contributed by atoms with Crippen LogP contribution in [0.25, 0.3) is 0 Å². The largest absolute Gasteiger partial charge is 0.493 e. The van der Waals surface area contributed by atoms with Crippen molar-refractivity contribution in [1.29, 1.82) is 5.26 Å². The second-order valence-electron chi connectivity index (χ2n) is 11.2. The molecular weight excluding hydrogens is 647 g/mol. The lowest BCUT2D eigenvalue weighted by molar-refractivity contribution is 0.198. The SMILES string of the molecule is C1CCOC1.N#CC1CCOc2cc(S(=O)(=O)c3ccccc3)ccc21.NCC1CCOc2cc(S(=O)(=O)c3ccccc3)ccc21.[B]. The number of fused-ring (bicyclic) bond motifs is 2. The Hall–Kier alpha value is -4.15. The second kappa shape index (κ2) is 16.8. The number of hydrogen-bond donors (Lipinski definition) is 1. The fourth-order valence-corrected chi connectivity index (χ4v) is 8.10. The van der Waals surface area contributed by atoms with Gasteiger partial charge in [0.1, 0.15) is 11.5 Å². The van der Waals surface area contributed by atoms with Crippen LogP contribution in [0.15, 0.2) is 117 Å². The molecule has 0 amide bonds. The molecule has 9 nitrogen and oxygen atoms in total. The van der Waals surface area contributed by atoms with Gasteiger partial charge >= 0.3 is 0 Å². The Morgan fingerprint density at radius 1 is 0.646 bits per heavy atom. The Morgan fingerprint density at radius 3 is 1.58 bits per heavy atom. The van der Waals surface area contributed by atoms with Gasteiger partial charge < -0.3 is 19.9 Å². The molecule has 2 atom stereocenters. The van der Waals surface area contributed by atoms with E-state index in [0.717, 1.165) is 30.8 Å². The van der Waals surface area contributed by atoms with Crippen molar-refractivity contribution in [2.45, 2.75) is 57.1 Å². The van der Waals surface area contributed by atoms with Gasteiger partial charge in [-0.15, -0.1) is 0 Å². The number of nitrogens with zero attached hydrogens (tertiary/aromatic N) is 1. The third-order valence-corrected chi connectivity index (χ3v) is 11.7. The summed E-state index contributed by atoms with van der Waals surface area (Å²) in [5.74, 6) is 1.13. The van der Waals surface area contributed by atoms with Crippen molar-refractivity contribution in [3.05, 3.63) is 108 Å². The van der Waals surface area contributed by atoms with Crippen LogP contribution in [0.1, 0.15) is 48.6 Å². The summed E-state index contributed by atoms with van der Waals surface area (Å²) < 4.78 is 66.3.